The first kappa shape index (κ1) is 5.10. The molecule has 0 aromatic carbocycles. The first-order valence-electron chi connectivity index (χ1n) is 2.85. The largest absolute Gasteiger partial charge is 0.236 e. The Hall–Kier alpha value is -0.0400. The van der Waals surface area contributed by atoms with Crippen LogP contribution in [0.5, 0.6) is 0 Å². The lowest BCUT2D eigenvalue weighted by Gasteiger charge is -1.77. The Balaban J connectivity index is 2.24. The summed E-state index contributed by atoms with van der Waals surface area (Å²) in [6.45, 7) is 4.43. The molecule has 0 saturated heterocycles. The molecule has 0 bridgehead atoms. The third-order valence-electron chi connectivity index (χ3n) is 2.23. The second kappa shape index (κ2) is 1.48. The molecule has 0 aromatic rings. The maximum atomic E-state index is 10.1. The molecular weight excluding hydrogens is 88.1 g/mol. The van der Waals surface area contributed by atoms with Gasteiger partial charge in [-0.1, -0.05) is 13.8 Å². The van der Waals surface area contributed by atoms with E-state index in [-0.39, 0.29) is 6.61 Å². The lowest BCUT2D eigenvalue weighted by Crippen LogP contribution is -1.83. The molecule has 0 N–H and O–H groups in total. The molecule has 1 saturated carbocycles. The molecule has 2 atom stereocenters. The molecular formula is C6H11O. The van der Waals surface area contributed by atoms with E-state index in [1.165, 1.54) is 0 Å². The summed E-state index contributed by atoms with van der Waals surface area (Å²) in [5, 5.41) is 10.1. The molecule has 7 heavy (non-hydrogen) atoms. The van der Waals surface area contributed by atoms with Crippen LogP contribution in [0.2, 0.25) is 0 Å². The second-order valence-electron chi connectivity index (χ2n) is 2.55. The third kappa shape index (κ3) is 0.653. The highest BCUT2D eigenvalue weighted by molar-refractivity contribution is 4.89. The fraction of sp³-hybridized carbons (Fsp3) is 1.00. The van der Waals surface area contributed by atoms with Crippen LogP contribution in [0.3, 0.4) is 0 Å². The summed E-state index contributed by atoms with van der Waals surface area (Å²) in [7, 11) is 0. The maximum Gasteiger partial charge on any atom is 0.0855 e. The van der Waals surface area contributed by atoms with Crippen molar-refractivity contribution >= 4 is 0 Å². The second-order valence-corrected chi connectivity index (χ2v) is 2.55. The molecule has 1 nitrogen and oxygen atoms in total. The lowest BCUT2D eigenvalue weighted by molar-refractivity contribution is 0.171. The Labute approximate surface area is 44.4 Å². The van der Waals surface area contributed by atoms with Crippen molar-refractivity contribution in [3.63, 3.8) is 0 Å². The van der Waals surface area contributed by atoms with E-state index in [1.54, 1.807) is 0 Å². The van der Waals surface area contributed by atoms with Gasteiger partial charge in [0.1, 0.15) is 0 Å². The van der Waals surface area contributed by atoms with Crippen molar-refractivity contribution in [1.82, 2.24) is 0 Å². The van der Waals surface area contributed by atoms with E-state index >= 15 is 0 Å². The maximum absolute atomic E-state index is 10.1. The normalized spacial score (nSPS) is 49.3. The van der Waals surface area contributed by atoms with Gasteiger partial charge >= 0.3 is 0 Å². The van der Waals surface area contributed by atoms with Gasteiger partial charge in [0, 0.05) is 0 Å². The van der Waals surface area contributed by atoms with Crippen LogP contribution in [0.4, 0.5) is 0 Å². The van der Waals surface area contributed by atoms with Crippen LogP contribution in [0.25, 0.3) is 0 Å². The molecule has 1 rings (SSSR count). The monoisotopic (exact) mass is 99.1 g/mol. The van der Waals surface area contributed by atoms with E-state index in [9.17, 15) is 5.11 Å². The Morgan fingerprint density at radius 1 is 1.29 bits per heavy atom. The zero-order valence-corrected chi connectivity index (χ0v) is 4.85. The minimum atomic E-state index is 0.141. The highest BCUT2D eigenvalue weighted by Crippen LogP contribution is 2.44. The van der Waals surface area contributed by atoms with Crippen LogP contribution in [0.1, 0.15) is 13.8 Å². The van der Waals surface area contributed by atoms with Gasteiger partial charge < -0.3 is 0 Å². The minimum absolute atomic E-state index is 0.141. The van der Waals surface area contributed by atoms with Gasteiger partial charge in [-0.15, -0.1) is 0 Å². The van der Waals surface area contributed by atoms with Crippen LogP contribution in [0.15, 0.2) is 0 Å². The van der Waals surface area contributed by atoms with E-state index in [2.05, 4.69) is 13.8 Å². The molecule has 0 aromatic heterocycles. The number of hydrogen-bond donors (Lipinski definition) is 0. The van der Waals surface area contributed by atoms with Crippen molar-refractivity contribution in [2.24, 2.45) is 17.8 Å². The molecule has 1 heteroatoms. The molecule has 1 aliphatic carbocycles. The summed E-state index contributed by atoms with van der Waals surface area (Å²) < 4.78 is 0. The topological polar surface area (TPSA) is 19.9 Å². The summed E-state index contributed by atoms with van der Waals surface area (Å²) in [5.74, 6) is 1.95. The Bertz CT molecular complexity index is 62.6. The van der Waals surface area contributed by atoms with Crippen molar-refractivity contribution in [3.05, 3.63) is 0 Å². The standard InChI is InChI=1S/C6H11O/c1-4-5(2)6(4)3-7/h4-6H,3H2,1-2H3. The van der Waals surface area contributed by atoms with Gasteiger partial charge in [-0.2, -0.15) is 0 Å². The van der Waals surface area contributed by atoms with Crippen molar-refractivity contribution in [3.8, 4) is 0 Å². The van der Waals surface area contributed by atoms with E-state index in [1.807, 2.05) is 0 Å². The predicted octanol–water partition coefficient (Wildman–Crippen LogP) is 1.32. The molecule has 0 amide bonds. The highest BCUT2D eigenvalue weighted by atomic mass is 16.3. The van der Waals surface area contributed by atoms with Gasteiger partial charge in [-0.25, -0.2) is 5.11 Å². The summed E-state index contributed by atoms with van der Waals surface area (Å²) in [6, 6.07) is 0. The van der Waals surface area contributed by atoms with Crippen molar-refractivity contribution in [2.45, 2.75) is 13.8 Å². The van der Waals surface area contributed by atoms with Crippen LogP contribution in [0, 0.1) is 17.8 Å². The molecule has 0 heterocycles. The van der Waals surface area contributed by atoms with Gasteiger partial charge in [0.15, 0.2) is 0 Å². The van der Waals surface area contributed by atoms with Crippen molar-refractivity contribution in [2.75, 3.05) is 6.61 Å². The van der Waals surface area contributed by atoms with Crippen LogP contribution in [-0.2, 0) is 5.11 Å². The molecule has 2 unspecified atom stereocenters. The molecule has 0 aliphatic heterocycles. The van der Waals surface area contributed by atoms with Gasteiger partial charge in [0.25, 0.3) is 0 Å². The summed E-state index contributed by atoms with van der Waals surface area (Å²) in [4.78, 5) is 0. The zero-order chi connectivity index (χ0) is 5.44. The lowest BCUT2D eigenvalue weighted by atomic mass is 10.4. The fourth-order valence-electron chi connectivity index (χ4n) is 1.07. The summed E-state index contributed by atoms with van der Waals surface area (Å²) in [6.07, 6.45) is 0. The highest BCUT2D eigenvalue weighted by Gasteiger charge is 2.42. The van der Waals surface area contributed by atoms with Gasteiger partial charge in [-0.3, -0.25) is 0 Å². The molecule has 1 aliphatic rings. The minimum Gasteiger partial charge on any atom is -0.236 e. The van der Waals surface area contributed by atoms with E-state index < -0.39 is 0 Å². The quantitative estimate of drug-likeness (QED) is 0.472. The fourth-order valence-corrected chi connectivity index (χ4v) is 1.07. The van der Waals surface area contributed by atoms with Crippen molar-refractivity contribution < 1.29 is 5.11 Å². The Morgan fingerprint density at radius 2 is 1.71 bits per heavy atom. The van der Waals surface area contributed by atoms with Gasteiger partial charge in [0.2, 0.25) is 0 Å². The molecule has 1 fully saturated rings. The van der Waals surface area contributed by atoms with E-state index in [4.69, 9.17) is 0 Å². The number of hydrogen-bond acceptors (Lipinski definition) is 0. The van der Waals surface area contributed by atoms with Crippen LogP contribution in [-0.4, -0.2) is 6.61 Å². The zero-order valence-electron chi connectivity index (χ0n) is 4.85. The third-order valence-corrected chi connectivity index (χ3v) is 2.23. The van der Waals surface area contributed by atoms with Crippen LogP contribution >= 0.6 is 0 Å². The Morgan fingerprint density at radius 3 is 1.71 bits per heavy atom. The molecule has 0 spiro atoms. The average molecular weight is 99.2 g/mol. The summed E-state index contributed by atoms with van der Waals surface area (Å²) in [5.41, 5.74) is 0. The molecule has 41 valence electrons. The van der Waals surface area contributed by atoms with Crippen molar-refractivity contribution in [1.29, 1.82) is 0 Å². The van der Waals surface area contributed by atoms with Gasteiger partial charge in [-0.05, 0) is 17.8 Å². The van der Waals surface area contributed by atoms with Gasteiger partial charge in [0.05, 0.1) is 6.61 Å². The molecule has 1 radical (unpaired) electrons. The van der Waals surface area contributed by atoms with E-state index in [0.29, 0.717) is 5.92 Å². The average Bonchev–Trinajstić information content (AvgIpc) is 2.17. The number of rotatable bonds is 1. The summed E-state index contributed by atoms with van der Waals surface area (Å²) >= 11 is 0. The van der Waals surface area contributed by atoms with E-state index in [0.717, 1.165) is 11.8 Å². The predicted molar refractivity (Wildman–Crippen MR) is 27.4 cm³/mol. The smallest absolute Gasteiger partial charge is 0.0855 e. The SMILES string of the molecule is CC1C(C)C1C[O]. The first-order chi connectivity index (χ1) is 3.27. The Kier molecular flexibility index (Phi) is 1.08. The first-order valence-corrected chi connectivity index (χ1v) is 2.85. The van der Waals surface area contributed by atoms with Crippen LogP contribution < -0.4 is 0 Å².